The molecule has 2 N–H and O–H groups in total. The molecule has 7 rings (SSSR count). The number of anilines is 1. The third kappa shape index (κ3) is 9.06. The van der Waals surface area contributed by atoms with E-state index in [2.05, 4.69) is 20.6 Å². The number of nitrogens with zero attached hydrogens (tertiary/aromatic N) is 6. The zero-order valence-corrected chi connectivity index (χ0v) is 31.2. The average molecular weight is 753 g/mol. The van der Waals surface area contributed by atoms with E-state index < -0.39 is 0 Å². The average Bonchev–Trinajstić information content (AvgIpc) is 3.80. The van der Waals surface area contributed by atoms with E-state index in [9.17, 15) is 24.0 Å². The summed E-state index contributed by atoms with van der Waals surface area (Å²) in [6.45, 7) is 2.43. The molecule has 2 aliphatic rings. The molecule has 0 saturated heterocycles. The number of aromatic nitrogens is 4. The maximum Gasteiger partial charge on any atom is 0.322 e. The van der Waals surface area contributed by atoms with Crippen molar-refractivity contribution in [3.05, 3.63) is 119 Å². The van der Waals surface area contributed by atoms with E-state index in [1.54, 1.807) is 28.2 Å². The first-order valence-electron chi connectivity index (χ1n) is 19.2. The van der Waals surface area contributed by atoms with E-state index in [1.807, 2.05) is 66.7 Å². The largest absolute Gasteiger partial charge is 0.356 e. The van der Waals surface area contributed by atoms with Crippen LogP contribution in [-0.4, -0.2) is 66.4 Å². The third-order valence-corrected chi connectivity index (χ3v) is 10.2. The molecule has 5 heterocycles. The fraction of sp³-hybridized carbons (Fsp3) is 0.302. The van der Waals surface area contributed by atoms with Crippen molar-refractivity contribution < 1.29 is 19.2 Å². The minimum atomic E-state index is -0.276. The van der Waals surface area contributed by atoms with Gasteiger partial charge in [-0.05, 0) is 78.8 Å². The molecule has 13 heteroatoms. The van der Waals surface area contributed by atoms with Gasteiger partial charge in [-0.25, -0.2) is 9.48 Å². The van der Waals surface area contributed by atoms with Crippen LogP contribution in [0.2, 0.25) is 0 Å². The molecule has 0 aliphatic carbocycles. The fourth-order valence-corrected chi connectivity index (χ4v) is 7.10. The van der Waals surface area contributed by atoms with Crippen molar-refractivity contribution in [3.8, 4) is 22.4 Å². The molecule has 0 saturated carbocycles. The molecule has 0 radical (unpaired) electrons. The van der Waals surface area contributed by atoms with Gasteiger partial charge < -0.3 is 15.5 Å². The first-order chi connectivity index (χ1) is 27.3. The third-order valence-electron chi connectivity index (χ3n) is 10.2. The number of rotatable bonds is 16. The van der Waals surface area contributed by atoms with Gasteiger partial charge >= 0.3 is 6.03 Å². The number of urea groups is 1. The number of pyridine rings is 2. The van der Waals surface area contributed by atoms with Crippen LogP contribution in [0.3, 0.4) is 0 Å². The van der Waals surface area contributed by atoms with E-state index in [0.717, 1.165) is 65.3 Å². The predicted octanol–water partition coefficient (Wildman–Crippen LogP) is 6.23. The number of carbonyl (C=O) groups excluding carboxylic acids is 4. The van der Waals surface area contributed by atoms with Gasteiger partial charge in [0, 0.05) is 86.5 Å². The number of benzene rings is 2. The molecule has 2 aromatic carbocycles. The summed E-state index contributed by atoms with van der Waals surface area (Å²) in [5, 5.41) is 11.7. The minimum absolute atomic E-state index is 0.00511. The molecule has 0 spiro atoms. The van der Waals surface area contributed by atoms with Crippen molar-refractivity contribution >= 4 is 40.3 Å². The van der Waals surface area contributed by atoms with Crippen LogP contribution in [0.5, 0.6) is 0 Å². The SMILES string of the molecule is O=C(CCCCCN1C(=O)C=CC1=O)NCCCCCCn1nc(-c2ccc(NC(=O)N3Cc4ccncc4C3)cc2)cc(-c2cccc3ncccc23)c1=O. The Morgan fingerprint density at radius 2 is 1.50 bits per heavy atom. The number of carbonyl (C=O) groups is 4. The van der Waals surface area contributed by atoms with Gasteiger partial charge in [0.2, 0.25) is 5.91 Å². The number of hydrogen-bond donors (Lipinski definition) is 2. The second-order valence-corrected chi connectivity index (χ2v) is 14.1. The predicted molar refractivity (Wildman–Crippen MR) is 213 cm³/mol. The molecular formula is C43H44N8O5. The summed E-state index contributed by atoms with van der Waals surface area (Å²) in [5.74, 6) is -0.557. The monoisotopic (exact) mass is 752 g/mol. The first-order valence-corrected chi connectivity index (χ1v) is 19.2. The van der Waals surface area contributed by atoms with Crippen LogP contribution < -0.4 is 16.2 Å². The number of hydrogen-bond acceptors (Lipinski definition) is 8. The Hall–Kier alpha value is -6.50. The highest BCUT2D eigenvalue weighted by molar-refractivity contribution is 6.12. The van der Waals surface area contributed by atoms with Gasteiger partial charge in [0.25, 0.3) is 17.4 Å². The Morgan fingerprint density at radius 3 is 2.32 bits per heavy atom. The lowest BCUT2D eigenvalue weighted by Gasteiger charge is -2.17. The lowest BCUT2D eigenvalue weighted by Crippen LogP contribution is -2.30. The number of nitrogens with one attached hydrogen (secondary N) is 2. The Morgan fingerprint density at radius 1 is 0.732 bits per heavy atom. The molecule has 0 bridgehead atoms. The van der Waals surface area contributed by atoms with Crippen LogP contribution in [0.4, 0.5) is 10.5 Å². The second-order valence-electron chi connectivity index (χ2n) is 14.1. The fourth-order valence-electron chi connectivity index (χ4n) is 7.10. The molecule has 56 heavy (non-hydrogen) atoms. The van der Waals surface area contributed by atoms with E-state index in [1.165, 1.54) is 17.1 Å². The maximum atomic E-state index is 14.0. The molecule has 5 aromatic rings. The summed E-state index contributed by atoms with van der Waals surface area (Å²) in [5.41, 5.74) is 6.18. The van der Waals surface area contributed by atoms with Gasteiger partial charge in [-0.3, -0.25) is 34.0 Å². The molecule has 3 aromatic heterocycles. The van der Waals surface area contributed by atoms with E-state index in [0.29, 0.717) is 68.9 Å². The van der Waals surface area contributed by atoms with Crippen LogP contribution in [0.15, 0.2) is 102 Å². The summed E-state index contributed by atoms with van der Waals surface area (Å²) in [4.78, 5) is 74.2. The zero-order chi connectivity index (χ0) is 38.9. The van der Waals surface area contributed by atoms with Crippen LogP contribution in [-0.2, 0) is 34.0 Å². The molecular weight excluding hydrogens is 709 g/mol. The van der Waals surface area contributed by atoms with E-state index in [-0.39, 0.29) is 29.3 Å². The van der Waals surface area contributed by atoms with Crippen LogP contribution in [0.25, 0.3) is 33.3 Å². The molecule has 286 valence electrons. The molecule has 0 fully saturated rings. The van der Waals surface area contributed by atoms with Gasteiger partial charge in [-0.2, -0.15) is 5.10 Å². The van der Waals surface area contributed by atoms with Crippen molar-refractivity contribution in [2.45, 2.75) is 71.0 Å². The Bertz CT molecular complexity index is 2290. The lowest BCUT2D eigenvalue weighted by atomic mass is 10.00. The normalized spacial score (nSPS) is 13.4. The summed E-state index contributed by atoms with van der Waals surface area (Å²) in [6, 6.07) is 20.7. The summed E-state index contributed by atoms with van der Waals surface area (Å²) in [7, 11) is 0. The number of unbranched alkanes of at least 4 members (excludes halogenated alkanes) is 5. The van der Waals surface area contributed by atoms with Crippen molar-refractivity contribution in [1.82, 2.24) is 34.9 Å². The Kier molecular flexibility index (Phi) is 12.0. The van der Waals surface area contributed by atoms with Gasteiger partial charge in [0.1, 0.15) is 0 Å². The standard InChI is InChI=1S/C43H44N8O5/c52-39(13-4-3-6-24-50-40(53)18-19-41(50)54)46-21-5-1-2-7-25-51-42(55)36(34-10-8-12-37-35(34)11-9-22-45-37)26-38(48-51)30-14-16-33(17-15-30)47-43(56)49-28-31-20-23-44-27-32(31)29-49/h8-12,14-20,22-23,26-27H,1-7,13,21,24-25,28-29H2,(H,46,52)(H,47,56). The van der Waals surface area contributed by atoms with Gasteiger partial charge in [-0.1, -0.05) is 49.6 Å². The maximum absolute atomic E-state index is 14.0. The van der Waals surface area contributed by atoms with E-state index in [4.69, 9.17) is 5.10 Å². The number of fused-ring (bicyclic) bond motifs is 2. The van der Waals surface area contributed by atoms with Gasteiger partial charge in [0.15, 0.2) is 0 Å². The van der Waals surface area contributed by atoms with Crippen LogP contribution in [0.1, 0.15) is 62.5 Å². The van der Waals surface area contributed by atoms with Gasteiger partial charge in [-0.15, -0.1) is 0 Å². The molecule has 13 nitrogen and oxygen atoms in total. The van der Waals surface area contributed by atoms with Crippen LogP contribution in [0, 0.1) is 0 Å². The van der Waals surface area contributed by atoms with Crippen LogP contribution >= 0.6 is 0 Å². The van der Waals surface area contributed by atoms with Gasteiger partial charge in [0.05, 0.1) is 16.8 Å². The first kappa shape index (κ1) is 37.8. The highest BCUT2D eigenvalue weighted by atomic mass is 16.2. The Balaban J connectivity index is 0.939. The summed E-state index contributed by atoms with van der Waals surface area (Å²) in [6.07, 6.45) is 13.7. The topological polar surface area (TPSA) is 159 Å². The Labute approximate surface area is 324 Å². The van der Waals surface area contributed by atoms with E-state index >= 15 is 0 Å². The lowest BCUT2D eigenvalue weighted by molar-refractivity contribution is -0.137. The minimum Gasteiger partial charge on any atom is -0.356 e. The van der Waals surface area contributed by atoms with Crippen molar-refractivity contribution in [2.24, 2.45) is 0 Å². The smallest absolute Gasteiger partial charge is 0.322 e. The number of imide groups is 1. The molecule has 0 unspecified atom stereocenters. The molecule has 0 atom stereocenters. The highest BCUT2D eigenvalue weighted by Crippen LogP contribution is 2.29. The second kappa shape index (κ2) is 17.8. The summed E-state index contributed by atoms with van der Waals surface area (Å²) >= 11 is 0. The number of aryl methyl sites for hydroxylation is 1. The molecule has 5 amide bonds. The highest BCUT2D eigenvalue weighted by Gasteiger charge is 2.24. The van der Waals surface area contributed by atoms with Crippen molar-refractivity contribution in [3.63, 3.8) is 0 Å². The van der Waals surface area contributed by atoms with Crippen molar-refractivity contribution in [1.29, 1.82) is 0 Å². The number of amides is 5. The zero-order valence-electron chi connectivity index (χ0n) is 31.2. The summed E-state index contributed by atoms with van der Waals surface area (Å²) < 4.78 is 1.54. The molecule has 2 aliphatic heterocycles. The van der Waals surface area contributed by atoms with Crippen molar-refractivity contribution in [2.75, 3.05) is 18.4 Å². The quantitative estimate of drug-likeness (QED) is 0.0887.